The zero-order valence-corrected chi connectivity index (χ0v) is 15.6. The molecule has 2 saturated heterocycles. The van der Waals surface area contributed by atoms with Crippen LogP contribution in [0.15, 0.2) is 24.3 Å². The van der Waals surface area contributed by atoms with Crippen LogP contribution < -0.4 is 0 Å². The number of hydrogen-bond acceptors (Lipinski definition) is 3. The molecule has 2 aliphatic rings. The van der Waals surface area contributed by atoms with Gasteiger partial charge in [-0.1, -0.05) is 24.3 Å². The van der Waals surface area contributed by atoms with Gasteiger partial charge in [0.1, 0.15) is 6.04 Å². The summed E-state index contributed by atoms with van der Waals surface area (Å²) in [5.41, 5.74) is 2.19. The molecule has 0 aliphatic carbocycles. The van der Waals surface area contributed by atoms with Crippen molar-refractivity contribution in [1.82, 2.24) is 14.7 Å². The summed E-state index contributed by atoms with van der Waals surface area (Å²) in [6.07, 6.45) is 2.27. The van der Waals surface area contributed by atoms with Gasteiger partial charge >= 0.3 is 0 Å². The van der Waals surface area contributed by atoms with Crippen LogP contribution in [-0.4, -0.2) is 64.6 Å². The molecular weight excluding hydrogens is 330 g/mol. The van der Waals surface area contributed by atoms with E-state index in [1.54, 1.807) is 16.7 Å². The summed E-state index contributed by atoms with van der Waals surface area (Å²) in [5, 5.41) is 0. The number of aryl methyl sites for hydroxylation is 1. The van der Waals surface area contributed by atoms with Crippen molar-refractivity contribution >= 4 is 17.7 Å². The SMILES string of the molecule is Cc1ccccc1CN1C(=O)CN(CCCN2CCCC2=O)C(=O)[C@@H]1C. The average molecular weight is 357 g/mol. The van der Waals surface area contributed by atoms with Crippen molar-refractivity contribution in [3.8, 4) is 0 Å². The van der Waals surface area contributed by atoms with Crippen LogP contribution in [0.2, 0.25) is 0 Å². The first-order valence-electron chi connectivity index (χ1n) is 9.38. The summed E-state index contributed by atoms with van der Waals surface area (Å²) < 4.78 is 0. The lowest BCUT2D eigenvalue weighted by Gasteiger charge is -2.39. The highest BCUT2D eigenvalue weighted by molar-refractivity contribution is 5.94. The topological polar surface area (TPSA) is 60.9 Å². The predicted octanol–water partition coefficient (Wildman–Crippen LogP) is 1.57. The average Bonchev–Trinajstić information content (AvgIpc) is 3.02. The molecule has 3 amide bonds. The van der Waals surface area contributed by atoms with E-state index in [9.17, 15) is 14.4 Å². The standard InChI is InChI=1S/C20H27N3O3/c1-15-7-3-4-8-17(15)13-23-16(2)20(26)22(14-19(23)25)12-6-11-21-10-5-9-18(21)24/h3-4,7-8,16H,5-6,9-14H2,1-2H3/t16-/m0/s1. The molecule has 0 N–H and O–H groups in total. The Morgan fingerprint density at radius 1 is 1.04 bits per heavy atom. The van der Waals surface area contributed by atoms with E-state index in [0.717, 1.165) is 30.5 Å². The molecule has 6 heteroatoms. The Bertz CT molecular complexity index is 703. The Hall–Kier alpha value is -2.37. The smallest absolute Gasteiger partial charge is 0.245 e. The van der Waals surface area contributed by atoms with Crippen molar-refractivity contribution in [2.24, 2.45) is 0 Å². The number of carbonyl (C=O) groups is 3. The van der Waals surface area contributed by atoms with Gasteiger partial charge in [-0.3, -0.25) is 14.4 Å². The first kappa shape index (κ1) is 18.4. The van der Waals surface area contributed by atoms with Crippen molar-refractivity contribution in [2.45, 2.75) is 45.7 Å². The lowest BCUT2D eigenvalue weighted by atomic mass is 10.1. The maximum Gasteiger partial charge on any atom is 0.245 e. The third-order valence-electron chi connectivity index (χ3n) is 5.41. The molecule has 0 spiro atoms. The van der Waals surface area contributed by atoms with Gasteiger partial charge in [0.25, 0.3) is 0 Å². The van der Waals surface area contributed by atoms with Crippen molar-refractivity contribution in [2.75, 3.05) is 26.2 Å². The van der Waals surface area contributed by atoms with Crippen LogP contribution in [0.1, 0.15) is 37.3 Å². The van der Waals surface area contributed by atoms with E-state index in [2.05, 4.69) is 0 Å². The molecule has 0 radical (unpaired) electrons. The fraction of sp³-hybridized carbons (Fsp3) is 0.550. The maximum atomic E-state index is 12.7. The van der Waals surface area contributed by atoms with E-state index in [4.69, 9.17) is 0 Å². The molecule has 2 heterocycles. The third kappa shape index (κ3) is 3.89. The normalized spacial score (nSPS) is 21.1. The zero-order valence-electron chi connectivity index (χ0n) is 15.6. The monoisotopic (exact) mass is 357 g/mol. The second-order valence-corrected chi connectivity index (χ2v) is 7.22. The Kier molecular flexibility index (Phi) is 5.59. The predicted molar refractivity (Wildman–Crippen MR) is 98.2 cm³/mol. The summed E-state index contributed by atoms with van der Waals surface area (Å²) >= 11 is 0. The quantitative estimate of drug-likeness (QED) is 0.776. The number of hydrogen-bond donors (Lipinski definition) is 0. The third-order valence-corrected chi connectivity index (χ3v) is 5.41. The van der Waals surface area contributed by atoms with Gasteiger partial charge in [0.2, 0.25) is 17.7 Å². The fourth-order valence-corrected chi connectivity index (χ4v) is 3.72. The molecule has 0 bridgehead atoms. The minimum Gasteiger partial charge on any atom is -0.343 e. The van der Waals surface area contributed by atoms with Gasteiger partial charge in [-0.15, -0.1) is 0 Å². The molecule has 140 valence electrons. The molecule has 1 atom stereocenters. The highest BCUT2D eigenvalue weighted by atomic mass is 16.2. The highest BCUT2D eigenvalue weighted by Gasteiger charge is 2.36. The van der Waals surface area contributed by atoms with Gasteiger partial charge in [0.05, 0.1) is 6.54 Å². The number of amides is 3. The van der Waals surface area contributed by atoms with E-state index in [0.29, 0.717) is 26.1 Å². The van der Waals surface area contributed by atoms with Crippen LogP contribution >= 0.6 is 0 Å². The number of nitrogens with zero attached hydrogens (tertiary/aromatic N) is 3. The molecule has 26 heavy (non-hydrogen) atoms. The minimum absolute atomic E-state index is 0.00840. The van der Waals surface area contributed by atoms with Crippen LogP contribution in [0.5, 0.6) is 0 Å². The van der Waals surface area contributed by atoms with E-state index in [1.165, 1.54) is 0 Å². The summed E-state index contributed by atoms with van der Waals surface area (Å²) in [4.78, 5) is 42.1. The van der Waals surface area contributed by atoms with Gasteiger partial charge in [-0.05, 0) is 37.8 Å². The summed E-state index contributed by atoms with van der Waals surface area (Å²) in [6, 6.07) is 7.49. The maximum absolute atomic E-state index is 12.7. The van der Waals surface area contributed by atoms with Crippen molar-refractivity contribution < 1.29 is 14.4 Å². The highest BCUT2D eigenvalue weighted by Crippen LogP contribution is 2.19. The number of carbonyl (C=O) groups excluding carboxylic acids is 3. The van der Waals surface area contributed by atoms with Crippen molar-refractivity contribution in [3.63, 3.8) is 0 Å². The van der Waals surface area contributed by atoms with Gasteiger partial charge in [0.15, 0.2) is 0 Å². The van der Waals surface area contributed by atoms with Gasteiger partial charge in [-0.25, -0.2) is 0 Å². The molecule has 1 aromatic carbocycles. The number of benzene rings is 1. The van der Waals surface area contributed by atoms with Gasteiger partial charge in [-0.2, -0.15) is 0 Å². The Morgan fingerprint density at radius 2 is 1.77 bits per heavy atom. The fourth-order valence-electron chi connectivity index (χ4n) is 3.72. The van der Waals surface area contributed by atoms with E-state index in [-0.39, 0.29) is 24.3 Å². The summed E-state index contributed by atoms with van der Waals surface area (Å²) in [6.45, 7) is 6.41. The molecule has 2 fully saturated rings. The molecule has 0 unspecified atom stereocenters. The summed E-state index contributed by atoms with van der Waals surface area (Å²) in [7, 11) is 0. The van der Waals surface area contributed by atoms with E-state index in [1.807, 2.05) is 36.1 Å². The number of likely N-dealkylation sites (tertiary alicyclic amines) is 1. The molecule has 0 saturated carbocycles. The molecule has 0 aromatic heterocycles. The lowest BCUT2D eigenvalue weighted by molar-refractivity contribution is -0.155. The van der Waals surface area contributed by atoms with Crippen LogP contribution in [-0.2, 0) is 20.9 Å². The molecule has 3 rings (SSSR count). The molecular formula is C20H27N3O3. The molecule has 1 aromatic rings. The summed E-state index contributed by atoms with van der Waals surface area (Å²) in [5.74, 6) is 0.173. The minimum atomic E-state index is -0.454. The molecule has 6 nitrogen and oxygen atoms in total. The first-order chi connectivity index (χ1) is 12.5. The van der Waals surface area contributed by atoms with Gasteiger partial charge in [0, 0.05) is 32.6 Å². The van der Waals surface area contributed by atoms with Crippen LogP contribution in [0, 0.1) is 6.92 Å². The van der Waals surface area contributed by atoms with Crippen molar-refractivity contribution in [3.05, 3.63) is 35.4 Å². The second-order valence-electron chi connectivity index (χ2n) is 7.22. The number of piperazine rings is 1. The Morgan fingerprint density at radius 3 is 2.46 bits per heavy atom. The first-order valence-corrected chi connectivity index (χ1v) is 9.38. The zero-order chi connectivity index (χ0) is 18.7. The van der Waals surface area contributed by atoms with E-state index < -0.39 is 6.04 Å². The van der Waals surface area contributed by atoms with Crippen LogP contribution in [0.3, 0.4) is 0 Å². The lowest BCUT2D eigenvalue weighted by Crippen LogP contribution is -2.58. The van der Waals surface area contributed by atoms with Crippen molar-refractivity contribution in [1.29, 1.82) is 0 Å². The van der Waals surface area contributed by atoms with Crippen LogP contribution in [0.25, 0.3) is 0 Å². The largest absolute Gasteiger partial charge is 0.343 e. The Labute approximate surface area is 154 Å². The van der Waals surface area contributed by atoms with Crippen LogP contribution in [0.4, 0.5) is 0 Å². The number of rotatable bonds is 6. The Balaban J connectivity index is 1.56. The second kappa shape index (κ2) is 7.89. The van der Waals surface area contributed by atoms with Gasteiger partial charge < -0.3 is 14.7 Å². The molecule has 2 aliphatic heterocycles. The van der Waals surface area contributed by atoms with E-state index >= 15 is 0 Å².